The molecule has 0 aromatic heterocycles. The van der Waals surface area contributed by atoms with Crippen molar-refractivity contribution in [2.24, 2.45) is 0 Å². The van der Waals surface area contributed by atoms with Crippen molar-refractivity contribution >= 4 is 17.5 Å². The van der Waals surface area contributed by atoms with Gasteiger partial charge in [-0.25, -0.2) is 4.79 Å². The van der Waals surface area contributed by atoms with Crippen LogP contribution in [-0.2, 0) is 0 Å². The van der Waals surface area contributed by atoms with Gasteiger partial charge in [0.25, 0.3) is 11.4 Å². The molecule has 4 aromatic carbocycles. The van der Waals surface area contributed by atoms with Crippen molar-refractivity contribution in [2.45, 2.75) is 0 Å². The van der Waals surface area contributed by atoms with Gasteiger partial charge in [0.05, 0.1) is 9.85 Å². The van der Waals surface area contributed by atoms with Crippen molar-refractivity contribution < 1.29 is 24.1 Å². The minimum absolute atomic E-state index is 0.0515. The molecule has 0 bridgehead atoms. The average Bonchev–Trinajstić information content (AvgIpc) is 2.85. The molecule has 34 heavy (non-hydrogen) atoms. The predicted octanol–water partition coefficient (Wildman–Crippen LogP) is 6.41. The second kappa shape index (κ2) is 9.61. The second-order valence-corrected chi connectivity index (χ2v) is 7.05. The van der Waals surface area contributed by atoms with Crippen molar-refractivity contribution in [3.05, 3.63) is 117 Å². The van der Waals surface area contributed by atoms with Gasteiger partial charge in [-0.15, -0.1) is 0 Å². The minimum atomic E-state index is -0.983. The molecule has 0 amide bonds. The van der Waals surface area contributed by atoms with Crippen molar-refractivity contribution in [3.8, 4) is 33.8 Å². The van der Waals surface area contributed by atoms with E-state index in [1.807, 2.05) is 0 Å². The van der Waals surface area contributed by atoms with Gasteiger partial charge in [0.15, 0.2) is 0 Å². The minimum Gasteiger partial charge on any atom is -0.394 e. The summed E-state index contributed by atoms with van der Waals surface area (Å²) in [5.41, 5.74) is 2.25. The number of nitro benzene ring substituents is 2. The Morgan fingerprint density at radius 2 is 0.912 bits per heavy atom. The van der Waals surface area contributed by atoms with Crippen molar-refractivity contribution in [1.82, 2.24) is 0 Å². The number of para-hydroxylation sites is 2. The van der Waals surface area contributed by atoms with E-state index in [0.29, 0.717) is 22.3 Å². The number of nitro groups is 2. The third-order valence-electron chi connectivity index (χ3n) is 4.94. The maximum atomic E-state index is 12.6. The van der Waals surface area contributed by atoms with Crippen molar-refractivity contribution in [2.75, 3.05) is 0 Å². The monoisotopic (exact) mass is 456 g/mol. The van der Waals surface area contributed by atoms with E-state index in [9.17, 15) is 25.0 Å². The fraction of sp³-hybridized carbons (Fsp3) is 0. The molecule has 0 aliphatic heterocycles. The number of ether oxygens (including phenoxy) is 2. The van der Waals surface area contributed by atoms with Gasteiger partial charge in [-0.05, 0) is 47.5 Å². The summed E-state index contributed by atoms with van der Waals surface area (Å²) in [6.45, 7) is 0. The van der Waals surface area contributed by atoms with Gasteiger partial charge in [0.2, 0.25) is 0 Å². The highest BCUT2D eigenvalue weighted by Crippen LogP contribution is 2.33. The van der Waals surface area contributed by atoms with E-state index in [-0.39, 0.29) is 22.9 Å². The highest BCUT2D eigenvalue weighted by molar-refractivity contribution is 5.79. The van der Waals surface area contributed by atoms with Crippen LogP contribution < -0.4 is 9.47 Å². The second-order valence-electron chi connectivity index (χ2n) is 7.05. The fourth-order valence-corrected chi connectivity index (χ4v) is 3.31. The number of hydrogen-bond acceptors (Lipinski definition) is 7. The molecular formula is C25H16N2O7. The Kier molecular flexibility index (Phi) is 6.26. The summed E-state index contributed by atoms with van der Waals surface area (Å²) in [6, 6.07) is 25.2. The Balaban J connectivity index is 1.56. The van der Waals surface area contributed by atoms with Gasteiger partial charge in [0, 0.05) is 35.4 Å². The van der Waals surface area contributed by atoms with E-state index in [1.165, 1.54) is 24.3 Å². The molecule has 0 radical (unpaired) electrons. The largest absolute Gasteiger partial charge is 0.519 e. The number of carbonyl (C=O) groups is 1. The van der Waals surface area contributed by atoms with Gasteiger partial charge >= 0.3 is 6.16 Å². The first-order valence-electron chi connectivity index (χ1n) is 10.00. The molecule has 0 aliphatic rings. The van der Waals surface area contributed by atoms with Crippen LogP contribution in [0.4, 0.5) is 16.2 Å². The summed E-state index contributed by atoms with van der Waals surface area (Å²) in [7, 11) is 0. The quantitative estimate of drug-likeness (QED) is 0.142. The lowest BCUT2D eigenvalue weighted by atomic mass is 10.0. The fourth-order valence-electron chi connectivity index (χ4n) is 3.31. The number of nitrogens with zero attached hydrogens (tertiary/aromatic N) is 2. The average molecular weight is 456 g/mol. The van der Waals surface area contributed by atoms with E-state index in [2.05, 4.69) is 0 Å². The zero-order valence-corrected chi connectivity index (χ0v) is 17.5. The molecule has 0 saturated heterocycles. The molecule has 9 nitrogen and oxygen atoms in total. The van der Waals surface area contributed by atoms with E-state index >= 15 is 0 Å². The first-order chi connectivity index (χ1) is 16.4. The van der Waals surface area contributed by atoms with Gasteiger partial charge in [-0.3, -0.25) is 20.2 Å². The van der Waals surface area contributed by atoms with Crippen LogP contribution in [0.15, 0.2) is 97.1 Å². The molecule has 0 atom stereocenters. The Hall–Kier alpha value is -5.05. The summed E-state index contributed by atoms with van der Waals surface area (Å²) in [4.78, 5) is 33.4. The maximum Gasteiger partial charge on any atom is 0.519 e. The highest BCUT2D eigenvalue weighted by atomic mass is 16.7. The molecule has 0 saturated carbocycles. The van der Waals surface area contributed by atoms with Crippen LogP contribution in [-0.4, -0.2) is 16.0 Å². The summed E-state index contributed by atoms with van der Waals surface area (Å²) in [6.07, 6.45) is -0.983. The first-order valence-corrected chi connectivity index (χ1v) is 10.00. The Morgan fingerprint density at radius 1 is 0.559 bits per heavy atom. The van der Waals surface area contributed by atoms with Crippen LogP contribution in [0.5, 0.6) is 11.5 Å². The number of benzene rings is 4. The van der Waals surface area contributed by atoms with Crippen LogP contribution in [0.25, 0.3) is 22.3 Å². The highest BCUT2D eigenvalue weighted by Gasteiger charge is 2.16. The molecule has 0 N–H and O–H groups in total. The van der Waals surface area contributed by atoms with E-state index < -0.39 is 16.0 Å². The molecule has 0 aliphatic carbocycles. The molecule has 0 fully saturated rings. The Morgan fingerprint density at radius 3 is 1.26 bits per heavy atom. The van der Waals surface area contributed by atoms with E-state index in [4.69, 9.17) is 9.47 Å². The zero-order chi connectivity index (χ0) is 24.1. The zero-order valence-electron chi connectivity index (χ0n) is 17.5. The molecular weight excluding hydrogens is 440 g/mol. The summed E-state index contributed by atoms with van der Waals surface area (Å²) in [5.74, 6) is 0.434. The maximum absolute atomic E-state index is 12.6. The SMILES string of the molecule is O=C(Oc1ccccc1-c1ccc([N+](=O)[O-])cc1)Oc1ccccc1-c1ccc([N+](=O)[O-])cc1. The summed E-state index contributed by atoms with van der Waals surface area (Å²) < 4.78 is 10.9. The lowest BCUT2D eigenvalue weighted by Crippen LogP contribution is -2.14. The molecule has 0 spiro atoms. The standard InChI is InChI=1S/C25H16N2O7/c28-25(33-23-7-3-1-5-21(23)17-9-13-19(14-10-17)26(29)30)34-24-8-4-2-6-22(24)18-11-15-20(16-12-18)27(31)32/h1-16H. The smallest absolute Gasteiger partial charge is 0.394 e. The third kappa shape index (κ3) is 4.89. The molecule has 4 rings (SSSR count). The molecule has 0 unspecified atom stereocenters. The van der Waals surface area contributed by atoms with Crippen molar-refractivity contribution in [3.63, 3.8) is 0 Å². The molecule has 0 heterocycles. The molecule has 9 heteroatoms. The van der Waals surface area contributed by atoms with E-state index in [1.54, 1.807) is 72.8 Å². The number of carbonyl (C=O) groups excluding carboxylic acids is 1. The molecule has 4 aromatic rings. The Bertz CT molecular complexity index is 1260. The molecule has 168 valence electrons. The predicted molar refractivity (Wildman–Crippen MR) is 124 cm³/mol. The van der Waals surface area contributed by atoms with Crippen LogP contribution in [0.1, 0.15) is 0 Å². The summed E-state index contributed by atoms with van der Waals surface area (Å²) >= 11 is 0. The van der Waals surface area contributed by atoms with Crippen LogP contribution in [0.2, 0.25) is 0 Å². The lowest BCUT2D eigenvalue weighted by molar-refractivity contribution is -0.385. The van der Waals surface area contributed by atoms with Crippen molar-refractivity contribution in [1.29, 1.82) is 0 Å². The van der Waals surface area contributed by atoms with Crippen LogP contribution >= 0.6 is 0 Å². The van der Waals surface area contributed by atoms with Crippen LogP contribution in [0, 0.1) is 20.2 Å². The Labute approximate surface area is 193 Å². The topological polar surface area (TPSA) is 122 Å². The van der Waals surface area contributed by atoms with Gasteiger partial charge in [0.1, 0.15) is 11.5 Å². The van der Waals surface area contributed by atoms with Gasteiger partial charge in [-0.2, -0.15) is 0 Å². The summed E-state index contributed by atoms with van der Waals surface area (Å²) in [5, 5.41) is 21.8. The third-order valence-corrected chi connectivity index (χ3v) is 4.94. The first kappa shape index (κ1) is 22.2. The van der Waals surface area contributed by atoms with Gasteiger partial charge in [-0.1, -0.05) is 36.4 Å². The number of non-ortho nitro benzene ring substituents is 2. The number of hydrogen-bond donors (Lipinski definition) is 0. The van der Waals surface area contributed by atoms with Gasteiger partial charge < -0.3 is 9.47 Å². The lowest BCUT2D eigenvalue weighted by Gasteiger charge is -2.12. The van der Waals surface area contributed by atoms with E-state index in [0.717, 1.165) is 0 Å². The van der Waals surface area contributed by atoms with Crippen LogP contribution in [0.3, 0.4) is 0 Å². The normalized spacial score (nSPS) is 10.4. The number of rotatable bonds is 6.